The number of aromatic nitrogens is 5. The van der Waals surface area contributed by atoms with E-state index in [0.717, 1.165) is 10.6 Å². The van der Waals surface area contributed by atoms with Gasteiger partial charge in [-0.25, -0.2) is 4.98 Å². The molecule has 3 heterocycles. The molecule has 0 atom stereocenters. The van der Waals surface area contributed by atoms with Gasteiger partial charge in [-0.05, 0) is 13.2 Å². The third-order valence-electron chi connectivity index (χ3n) is 3.00. The van der Waals surface area contributed by atoms with Crippen LogP contribution in [0.25, 0.3) is 5.78 Å². The molecule has 0 radical (unpaired) electrons. The van der Waals surface area contributed by atoms with Crippen LogP contribution in [0, 0.1) is 6.92 Å². The molecule has 0 unspecified atom stereocenters. The molecule has 0 N–H and O–H groups in total. The minimum absolute atomic E-state index is 0.529. The predicted molar refractivity (Wildman–Crippen MR) is 86.3 cm³/mol. The second-order valence-corrected chi connectivity index (χ2v) is 6.86. The van der Waals surface area contributed by atoms with Crippen LogP contribution in [0.15, 0.2) is 22.6 Å². The SMILES string of the molecule is CON=c1cc(C)n(Cc2cnc(Cl)s2)c2nc(SC)nn12. The van der Waals surface area contributed by atoms with Crippen molar-refractivity contribution in [1.82, 2.24) is 24.1 Å². The second kappa shape index (κ2) is 6.27. The molecule has 3 aromatic heterocycles. The van der Waals surface area contributed by atoms with Crippen LogP contribution in [0.2, 0.25) is 4.47 Å². The third-order valence-corrected chi connectivity index (χ3v) is 4.64. The molecule has 0 saturated carbocycles. The Morgan fingerprint density at radius 1 is 1.50 bits per heavy atom. The average molecular weight is 357 g/mol. The standard InChI is InChI=1S/C12H13ClN6OS2/c1-7-4-9(17-20-2)19-12(15-11(16-19)21-3)18(7)6-8-5-14-10(13)22-8/h4-5H,6H2,1-3H3. The highest BCUT2D eigenvalue weighted by atomic mass is 35.5. The molecule has 0 aliphatic heterocycles. The smallest absolute Gasteiger partial charge is 0.235 e. The highest BCUT2D eigenvalue weighted by Crippen LogP contribution is 2.20. The first-order chi connectivity index (χ1) is 10.6. The Labute approximate surface area is 139 Å². The first-order valence-corrected chi connectivity index (χ1v) is 8.73. The van der Waals surface area contributed by atoms with Crippen molar-refractivity contribution < 1.29 is 4.84 Å². The fourth-order valence-corrected chi connectivity index (χ4v) is 3.35. The number of rotatable bonds is 4. The van der Waals surface area contributed by atoms with Crippen LogP contribution in [0.1, 0.15) is 10.6 Å². The fraction of sp³-hybridized carbons (Fsp3) is 0.333. The molecule has 7 nitrogen and oxygen atoms in total. The molecule has 0 aromatic carbocycles. The summed E-state index contributed by atoms with van der Waals surface area (Å²) < 4.78 is 4.25. The molecule has 0 bridgehead atoms. The number of aryl methyl sites for hydroxylation is 1. The van der Waals surface area contributed by atoms with E-state index in [0.29, 0.717) is 27.4 Å². The Morgan fingerprint density at radius 3 is 2.95 bits per heavy atom. The van der Waals surface area contributed by atoms with Crippen molar-refractivity contribution in [3.05, 3.63) is 32.8 Å². The van der Waals surface area contributed by atoms with Crippen molar-refractivity contribution in [3.8, 4) is 0 Å². The number of thioether (sulfide) groups is 1. The van der Waals surface area contributed by atoms with Crippen LogP contribution in [-0.4, -0.2) is 37.5 Å². The topological polar surface area (TPSA) is 69.6 Å². The van der Waals surface area contributed by atoms with Gasteiger partial charge in [-0.15, -0.1) is 16.4 Å². The van der Waals surface area contributed by atoms with Gasteiger partial charge >= 0.3 is 0 Å². The van der Waals surface area contributed by atoms with Crippen LogP contribution >= 0.6 is 34.7 Å². The summed E-state index contributed by atoms with van der Waals surface area (Å²) in [6.45, 7) is 2.62. The van der Waals surface area contributed by atoms with Crippen LogP contribution in [0.4, 0.5) is 0 Å². The number of nitrogens with zero attached hydrogens (tertiary/aromatic N) is 6. The minimum atomic E-state index is 0.529. The Morgan fingerprint density at radius 2 is 2.32 bits per heavy atom. The van der Waals surface area contributed by atoms with Gasteiger partial charge in [0.1, 0.15) is 7.11 Å². The summed E-state index contributed by atoms with van der Waals surface area (Å²) in [5.74, 6) is 0.699. The molecule has 3 rings (SSSR count). The molecule has 3 aromatic rings. The summed E-state index contributed by atoms with van der Waals surface area (Å²) in [4.78, 5) is 14.6. The number of thiazole rings is 1. The lowest BCUT2D eigenvalue weighted by Gasteiger charge is -2.10. The zero-order chi connectivity index (χ0) is 15.7. The minimum Gasteiger partial charge on any atom is -0.397 e. The van der Waals surface area contributed by atoms with E-state index in [4.69, 9.17) is 16.4 Å². The van der Waals surface area contributed by atoms with Gasteiger partial charge < -0.3 is 9.40 Å². The first-order valence-electron chi connectivity index (χ1n) is 6.31. The molecular formula is C12H13ClN6OS2. The summed E-state index contributed by atoms with van der Waals surface area (Å²) in [5, 5.41) is 9.11. The van der Waals surface area contributed by atoms with Gasteiger partial charge in [-0.1, -0.05) is 28.5 Å². The normalized spacial score (nSPS) is 12.3. The maximum absolute atomic E-state index is 5.91. The summed E-state index contributed by atoms with van der Waals surface area (Å²) in [6, 6.07) is 1.90. The van der Waals surface area contributed by atoms with Crippen LogP contribution in [-0.2, 0) is 11.4 Å². The molecule has 0 spiro atoms. The Balaban J connectivity index is 2.21. The van der Waals surface area contributed by atoms with E-state index in [-0.39, 0.29) is 0 Å². The molecule has 0 saturated heterocycles. The van der Waals surface area contributed by atoms with Gasteiger partial charge in [0.05, 0.1) is 6.54 Å². The summed E-state index contributed by atoms with van der Waals surface area (Å²) in [6.07, 6.45) is 3.71. The number of hydrogen-bond donors (Lipinski definition) is 0. The Hall–Kier alpha value is -1.58. The molecule has 0 aliphatic rings. The van der Waals surface area contributed by atoms with Crippen LogP contribution in [0.5, 0.6) is 0 Å². The van der Waals surface area contributed by atoms with Crippen LogP contribution < -0.4 is 5.49 Å². The van der Waals surface area contributed by atoms with Gasteiger partial charge in [0.15, 0.2) is 9.95 Å². The van der Waals surface area contributed by atoms with E-state index in [2.05, 4.69) is 20.2 Å². The van der Waals surface area contributed by atoms with Gasteiger partial charge in [-0.3, -0.25) is 0 Å². The van der Waals surface area contributed by atoms with E-state index in [1.54, 1.807) is 10.7 Å². The molecule has 0 amide bonds. The largest absolute Gasteiger partial charge is 0.397 e. The second-order valence-electron chi connectivity index (χ2n) is 4.39. The quantitative estimate of drug-likeness (QED) is 0.529. The highest BCUT2D eigenvalue weighted by molar-refractivity contribution is 7.98. The molecule has 10 heteroatoms. The number of hydrogen-bond acceptors (Lipinski definition) is 7. The van der Waals surface area contributed by atoms with Gasteiger partial charge in [0.25, 0.3) is 0 Å². The first kappa shape index (κ1) is 15.3. The number of fused-ring (bicyclic) bond motifs is 1. The van der Waals surface area contributed by atoms with Crippen molar-refractivity contribution in [2.24, 2.45) is 5.16 Å². The van der Waals surface area contributed by atoms with Crippen molar-refractivity contribution in [2.75, 3.05) is 13.4 Å². The molecular weight excluding hydrogens is 344 g/mol. The summed E-state index contributed by atoms with van der Waals surface area (Å²) in [5.41, 5.74) is 1.59. The van der Waals surface area contributed by atoms with E-state index in [1.807, 2.05) is 23.8 Å². The maximum atomic E-state index is 5.91. The summed E-state index contributed by atoms with van der Waals surface area (Å²) >= 11 is 8.83. The maximum Gasteiger partial charge on any atom is 0.235 e. The van der Waals surface area contributed by atoms with Crippen LogP contribution in [0.3, 0.4) is 0 Å². The van der Waals surface area contributed by atoms with Crippen molar-refractivity contribution in [2.45, 2.75) is 18.6 Å². The molecule has 0 aliphatic carbocycles. The van der Waals surface area contributed by atoms with Gasteiger partial charge in [-0.2, -0.15) is 9.50 Å². The highest BCUT2D eigenvalue weighted by Gasteiger charge is 2.12. The van der Waals surface area contributed by atoms with E-state index in [1.165, 1.54) is 30.2 Å². The predicted octanol–water partition coefficient (Wildman–Crippen LogP) is 2.18. The lowest BCUT2D eigenvalue weighted by atomic mass is 10.4. The fourth-order valence-electron chi connectivity index (χ4n) is 2.05. The lowest BCUT2D eigenvalue weighted by molar-refractivity contribution is 0.196. The van der Waals surface area contributed by atoms with Crippen molar-refractivity contribution >= 4 is 40.5 Å². The summed E-state index contributed by atoms with van der Waals surface area (Å²) in [7, 11) is 1.51. The zero-order valence-corrected chi connectivity index (χ0v) is 14.5. The monoisotopic (exact) mass is 356 g/mol. The third kappa shape index (κ3) is 2.83. The van der Waals surface area contributed by atoms with Gasteiger partial charge in [0.2, 0.25) is 10.9 Å². The number of halogens is 1. The zero-order valence-electron chi connectivity index (χ0n) is 12.1. The van der Waals surface area contributed by atoms with E-state index in [9.17, 15) is 0 Å². The van der Waals surface area contributed by atoms with Crippen molar-refractivity contribution in [3.63, 3.8) is 0 Å². The molecule has 0 fully saturated rings. The van der Waals surface area contributed by atoms with Crippen molar-refractivity contribution in [1.29, 1.82) is 0 Å². The Kier molecular flexibility index (Phi) is 4.37. The molecule has 116 valence electrons. The van der Waals surface area contributed by atoms with E-state index >= 15 is 0 Å². The van der Waals surface area contributed by atoms with E-state index < -0.39 is 0 Å². The lowest BCUT2D eigenvalue weighted by Crippen LogP contribution is -2.22. The Bertz CT molecular complexity index is 883. The molecule has 22 heavy (non-hydrogen) atoms. The average Bonchev–Trinajstić information content (AvgIpc) is 3.09. The van der Waals surface area contributed by atoms with Gasteiger partial charge in [0, 0.05) is 22.8 Å².